The van der Waals surface area contributed by atoms with Crippen LogP contribution in [-0.2, 0) is 4.74 Å². The number of rotatable bonds is 4. The Morgan fingerprint density at radius 2 is 2.00 bits per heavy atom. The van der Waals surface area contributed by atoms with Crippen LogP contribution in [-0.4, -0.2) is 37.1 Å². The molecule has 1 amide bonds. The van der Waals surface area contributed by atoms with Crippen LogP contribution < -0.4 is 0 Å². The Labute approximate surface area is 118 Å². The summed E-state index contributed by atoms with van der Waals surface area (Å²) in [5.41, 5.74) is 0.536. The standard InChI is InChI=1S/C16H18FNO2/c1-2-11-20-12-13-7-9-18(10-8-13)16(19)14-3-5-15(17)6-4-14/h1,3-6,13H,7-12H2. The van der Waals surface area contributed by atoms with Crippen LogP contribution in [0.2, 0.25) is 0 Å². The minimum absolute atomic E-state index is 0.0343. The third-order valence-electron chi connectivity index (χ3n) is 3.53. The van der Waals surface area contributed by atoms with E-state index >= 15 is 0 Å². The van der Waals surface area contributed by atoms with E-state index in [0.717, 1.165) is 12.8 Å². The molecule has 1 aliphatic rings. The molecule has 0 bridgehead atoms. The molecule has 0 saturated carbocycles. The SMILES string of the molecule is C#CCOCC1CCN(C(=O)c2ccc(F)cc2)CC1. The minimum atomic E-state index is -0.328. The highest BCUT2D eigenvalue weighted by Crippen LogP contribution is 2.19. The minimum Gasteiger partial charge on any atom is -0.369 e. The first kappa shape index (κ1) is 14.5. The maximum absolute atomic E-state index is 12.8. The zero-order valence-corrected chi connectivity index (χ0v) is 11.3. The van der Waals surface area contributed by atoms with Crippen LogP contribution in [0.3, 0.4) is 0 Å². The highest BCUT2D eigenvalue weighted by molar-refractivity contribution is 5.94. The predicted octanol–water partition coefficient (Wildman–Crippen LogP) is 2.33. The largest absolute Gasteiger partial charge is 0.369 e. The average Bonchev–Trinajstić information content (AvgIpc) is 2.48. The van der Waals surface area contributed by atoms with Crippen LogP contribution in [0.1, 0.15) is 23.2 Å². The van der Waals surface area contributed by atoms with E-state index in [1.54, 1.807) is 0 Å². The molecule has 0 aromatic heterocycles. The molecule has 0 atom stereocenters. The van der Waals surface area contributed by atoms with Gasteiger partial charge in [0.05, 0.1) is 6.61 Å². The molecule has 0 radical (unpaired) electrons. The fourth-order valence-electron chi connectivity index (χ4n) is 2.36. The summed E-state index contributed by atoms with van der Waals surface area (Å²) in [6, 6.07) is 5.68. The Kier molecular flexibility index (Phi) is 5.14. The second kappa shape index (κ2) is 7.06. The zero-order chi connectivity index (χ0) is 14.4. The molecule has 0 aliphatic carbocycles. The van der Waals surface area contributed by atoms with Crippen LogP contribution >= 0.6 is 0 Å². The fraction of sp³-hybridized carbons (Fsp3) is 0.438. The molecule has 1 aliphatic heterocycles. The summed E-state index contributed by atoms with van der Waals surface area (Å²) < 4.78 is 18.2. The number of piperidine rings is 1. The average molecular weight is 275 g/mol. The van der Waals surface area contributed by atoms with Gasteiger partial charge in [-0.2, -0.15) is 0 Å². The van der Waals surface area contributed by atoms with E-state index in [1.807, 2.05) is 4.90 Å². The first-order valence-corrected chi connectivity index (χ1v) is 6.76. The summed E-state index contributed by atoms with van der Waals surface area (Å²) in [7, 11) is 0. The predicted molar refractivity (Wildman–Crippen MR) is 74.7 cm³/mol. The summed E-state index contributed by atoms with van der Waals surface area (Å²) >= 11 is 0. The first-order valence-electron chi connectivity index (χ1n) is 6.76. The van der Waals surface area contributed by atoms with Crippen molar-refractivity contribution in [3.05, 3.63) is 35.6 Å². The van der Waals surface area contributed by atoms with Gasteiger partial charge in [0.15, 0.2) is 0 Å². The molecule has 2 rings (SSSR count). The second-order valence-corrected chi connectivity index (χ2v) is 4.96. The maximum Gasteiger partial charge on any atom is 0.253 e. The zero-order valence-electron chi connectivity index (χ0n) is 11.3. The van der Waals surface area contributed by atoms with Gasteiger partial charge in [0.1, 0.15) is 12.4 Å². The first-order chi connectivity index (χ1) is 9.70. The van der Waals surface area contributed by atoms with Gasteiger partial charge in [-0.1, -0.05) is 5.92 Å². The lowest BCUT2D eigenvalue weighted by molar-refractivity contribution is 0.0582. The summed E-state index contributed by atoms with van der Waals surface area (Å²) in [6.07, 6.45) is 6.95. The molecule has 106 valence electrons. The summed E-state index contributed by atoms with van der Waals surface area (Å²) in [6.45, 7) is 2.41. The number of terminal acetylenes is 1. The Balaban J connectivity index is 1.83. The quantitative estimate of drug-likeness (QED) is 0.623. The summed E-state index contributed by atoms with van der Waals surface area (Å²) in [5.74, 6) is 2.54. The van der Waals surface area contributed by atoms with E-state index in [-0.39, 0.29) is 11.7 Å². The summed E-state index contributed by atoms with van der Waals surface area (Å²) in [4.78, 5) is 14.0. The number of nitrogens with zero attached hydrogens (tertiary/aromatic N) is 1. The van der Waals surface area contributed by atoms with Crippen LogP contribution in [0.4, 0.5) is 4.39 Å². The Morgan fingerprint density at radius 1 is 1.35 bits per heavy atom. The molecule has 4 heteroatoms. The highest BCUT2D eigenvalue weighted by Gasteiger charge is 2.23. The molecule has 0 spiro atoms. The smallest absolute Gasteiger partial charge is 0.253 e. The maximum atomic E-state index is 12.8. The highest BCUT2D eigenvalue weighted by atomic mass is 19.1. The summed E-state index contributed by atoms with van der Waals surface area (Å²) in [5, 5.41) is 0. The third-order valence-corrected chi connectivity index (χ3v) is 3.53. The molecule has 3 nitrogen and oxygen atoms in total. The lowest BCUT2D eigenvalue weighted by atomic mass is 9.97. The third kappa shape index (κ3) is 3.82. The van der Waals surface area contributed by atoms with Gasteiger partial charge in [-0.3, -0.25) is 4.79 Å². The Bertz CT molecular complexity index is 484. The van der Waals surface area contributed by atoms with E-state index in [0.29, 0.717) is 37.8 Å². The number of hydrogen-bond acceptors (Lipinski definition) is 2. The van der Waals surface area contributed by atoms with E-state index in [9.17, 15) is 9.18 Å². The topological polar surface area (TPSA) is 29.5 Å². The van der Waals surface area contributed by atoms with Crippen molar-refractivity contribution in [1.29, 1.82) is 0 Å². The van der Waals surface area contributed by atoms with Crippen molar-refractivity contribution < 1.29 is 13.9 Å². The number of ether oxygens (including phenoxy) is 1. The fourth-order valence-corrected chi connectivity index (χ4v) is 2.36. The lowest BCUT2D eigenvalue weighted by Crippen LogP contribution is -2.39. The number of halogens is 1. The molecule has 20 heavy (non-hydrogen) atoms. The van der Waals surface area contributed by atoms with Crippen molar-refractivity contribution in [2.75, 3.05) is 26.3 Å². The van der Waals surface area contributed by atoms with Crippen LogP contribution in [0.15, 0.2) is 24.3 Å². The molecular formula is C16H18FNO2. The molecule has 1 saturated heterocycles. The van der Waals surface area contributed by atoms with Gasteiger partial charge in [-0.25, -0.2) is 4.39 Å². The van der Waals surface area contributed by atoms with Gasteiger partial charge >= 0.3 is 0 Å². The number of hydrogen-bond donors (Lipinski definition) is 0. The number of carbonyl (C=O) groups is 1. The molecular weight excluding hydrogens is 257 g/mol. The van der Waals surface area contributed by atoms with E-state index < -0.39 is 0 Å². The normalized spacial score (nSPS) is 15.9. The van der Waals surface area contributed by atoms with Gasteiger partial charge in [-0.05, 0) is 43.0 Å². The van der Waals surface area contributed by atoms with Crippen molar-refractivity contribution >= 4 is 5.91 Å². The molecule has 1 fully saturated rings. The molecule has 0 N–H and O–H groups in total. The van der Waals surface area contributed by atoms with Crippen molar-refractivity contribution in [3.8, 4) is 12.3 Å². The van der Waals surface area contributed by atoms with Gasteiger partial charge in [0.2, 0.25) is 0 Å². The second-order valence-electron chi connectivity index (χ2n) is 4.96. The van der Waals surface area contributed by atoms with Gasteiger partial charge in [-0.15, -0.1) is 6.42 Å². The lowest BCUT2D eigenvalue weighted by Gasteiger charge is -2.31. The number of likely N-dealkylation sites (tertiary alicyclic amines) is 1. The van der Waals surface area contributed by atoms with Crippen molar-refractivity contribution in [2.45, 2.75) is 12.8 Å². The van der Waals surface area contributed by atoms with Gasteiger partial charge in [0, 0.05) is 18.7 Å². The molecule has 1 aromatic rings. The van der Waals surface area contributed by atoms with E-state index in [4.69, 9.17) is 11.2 Å². The Hall–Kier alpha value is -1.86. The molecule has 1 aromatic carbocycles. The van der Waals surface area contributed by atoms with E-state index in [1.165, 1.54) is 24.3 Å². The van der Waals surface area contributed by atoms with Crippen LogP contribution in [0, 0.1) is 24.1 Å². The number of amides is 1. The van der Waals surface area contributed by atoms with Crippen molar-refractivity contribution in [1.82, 2.24) is 4.90 Å². The van der Waals surface area contributed by atoms with Crippen LogP contribution in [0.5, 0.6) is 0 Å². The monoisotopic (exact) mass is 275 g/mol. The van der Waals surface area contributed by atoms with Crippen molar-refractivity contribution in [2.24, 2.45) is 5.92 Å². The van der Waals surface area contributed by atoms with Crippen LogP contribution in [0.25, 0.3) is 0 Å². The van der Waals surface area contributed by atoms with Crippen molar-refractivity contribution in [3.63, 3.8) is 0 Å². The molecule has 1 heterocycles. The molecule has 0 unspecified atom stereocenters. The van der Waals surface area contributed by atoms with Gasteiger partial charge < -0.3 is 9.64 Å². The Morgan fingerprint density at radius 3 is 2.60 bits per heavy atom. The van der Waals surface area contributed by atoms with Gasteiger partial charge in [0.25, 0.3) is 5.91 Å². The van der Waals surface area contributed by atoms with E-state index in [2.05, 4.69) is 5.92 Å². The number of benzene rings is 1. The number of carbonyl (C=O) groups excluding carboxylic acids is 1.